The third-order valence-corrected chi connectivity index (χ3v) is 4.24. The van der Waals surface area contributed by atoms with Crippen molar-refractivity contribution < 1.29 is 24.5 Å². The number of urea groups is 1. The molecule has 2 aromatic rings. The van der Waals surface area contributed by atoms with Crippen LogP contribution in [0.25, 0.3) is 0 Å². The van der Waals surface area contributed by atoms with Gasteiger partial charge in [-0.3, -0.25) is 0 Å². The fourth-order valence-corrected chi connectivity index (χ4v) is 2.82. The SMILES string of the molecule is O=C(O)c1ccc(CNC(=O)N2CCOC(c3cccc(O)c3)C2)cc1. The molecule has 1 aliphatic heterocycles. The molecule has 1 saturated heterocycles. The van der Waals surface area contributed by atoms with Gasteiger partial charge in [-0.25, -0.2) is 9.59 Å². The van der Waals surface area contributed by atoms with Gasteiger partial charge < -0.3 is 25.2 Å². The normalized spacial score (nSPS) is 16.9. The molecule has 0 bridgehead atoms. The second kappa shape index (κ2) is 7.88. The fraction of sp³-hybridized carbons (Fsp3) is 0.263. The van der Waals surface area contributed by atoms with E-state index in [9.17, 15) is 14.7 Å². The summed E-state index contributed by atoms with van der Waals surface area (Å²) in [5.74, 6) is -0.815. The molecule has 0 saturated carbocycles. The number of phenolic OH excluding ortho intramolecular Hbond substituents is 1. The summed E-state index contributed by atoms with van der Waals surface area (Å²) < 4.78 is 5.71. The van der Waals surface area contributed by atoms with Gasteiger partial charge >= 0.3 is 12.0 Å². The number of nitrogens with one attached hydrogen (secondary N) is 1. The van der Waals surface area contributed by atoms with Crippen LogP contribution in [0, 0.1) is 0 Å². The van der Waals surface area contributed by atoms with Gasteiger partial charge in [-0.05, 0) is 35.4 Å². The van der Waals surface area contributed by atoms with Crippen LogP contribution in [0.4, 0.5) is 4.79 Å². The highest BCUT2D eigenvalue weighted by molar-refractivity contribution is 5.87. The lowest BCUT2D eigenvalue weighted by Gasteiger charge is -2.33. The molecule has 3 N–H and O–H groups in total. The molecule has 7 heteroatoms. The van der Waals surface area contributed by atoms with Crippen molar-refractivity contribution in [3.63, 3.8) is 0 Å². The van der Waals surface area contributed by atoms with Gasteiger partial charge in [-0.2, -0.15) is 0 Å². The number of amides is 2. The maximum atomic E-state index is 12.4. The maximum absolute atomic E-state index is 12.4. The molecule has 2 amide bonds. The summed E-state index contributed by atoms with van der Waals surface area (Å²) in [4.78, 5) is 24.9. The van der Waals surface area contributed by atoms with Gasteiger partial charge in [0.15, 0.2) is 0 Å². The van der Waals surface area contributed by atoms with Gasteiger partial charge in [0, 0.05) is 13.1 Å². The molecule has 1 aliphatic rings. The van der Waals surface area contributed by atoms with Gasteiger partial charge in [0.2, 0.25) is 0 Å². The number of carboxylic acid groups (broad SMARTS) is 1. The Kier molecular flexibility index (Phi) is 5.38. The summed E-state index contributed by atoms with van der Waals surface area (Å²) in [6.45, 7) is 1.61. The summed E-state index contributed by atoms with van der Waals surface area (Å²) in [6.07, 6.45) is -0.281. The lowest BCUT2D eigenvalue weighted by Crippen LogP contribution is -2.46. The number of carboxylic acids is 1. The molecular formula is C19H20N2O5. The summed E-state index contributed by atoms with van der Waals surface area (Å²) in [6, 6.07) is 13.0. The van der Waals surface area contributed by atoms with E-state index >= 15 is 0 Å². The molecule has 1 heterocycles. The van der Waals surface area contributed by atoms with E-state index in [0.717, 1.165) is 11.1 Å². The number of aromatic carboxylic acids is 1. The van der Waals surface area contributed by atoms with Gasteiger partial charge in [-0.15, -0.1) is 0 Å². The van der Waals surface area contributed by atoms with Gasteiger partial charge in [0.25, 0.3) is 0 Å². The number of hydrogen-bond donors (Lipinski definition) is 3. The summed E-state index contributed by atoms with van der Waals surface area (Å²) in [7, 11) is 0. The predicted octanol–water partition coefficient (Wildman–Crippen LogP) is 2.37. The molecule has 3 rings (SSSR count). The standard InChI is InChI=1S/C19H20N2O5/c22-16-3-1-2-15(10-16)17-12-21(8-9-26-17)19(25)20-11-13-4-6-14(7-5-13)18(23)24/h1-7,10,17,22H,8-9,11-12H2,(H,20,25)(H,23,24). The maximum Gasteiger partial charge on any atom is 0.335 e. The summed E-state index contributed by atoms with van der Waals surface area (Å²) >= 11 is 0. The third kappa shape index (κ3) is 4.31. The van der Waals surface area contributed by atoms with Crippen LogP contribution >= 0.6 is 0 Å². The van der Waals surface area contributed by atoms with Crippen LogP contribution in [0.5, 0.6) is 5.75 Å². The average molecular weight is 356 g/mol. The summed E-state index contributed by atoms with van der Waals surface area (Å²) in [5, 5.41) is 21.3. The van der Waals surface area contributed by atoms with Crippen molar-refractivity contribution in [1.82, 2.24) is 10.2 Å². The quantitative estimate of drug-likeness (QED) is 0.781. The molecule has 0 spiro atoms. The Hall–Kier alpha value is -3.06. The van der Waals surface area contributed by atoms with E-state index in [2.05, 4.69) is 5.32 Å². The van der Waals surface area contributed by atoms with Crippen LogP contribution in [0.2, 0.25) is 0 Å². The van der Waals surface area contributed by atoms with Crippen LogP contribution in [0.15, 0.2) is 48.5 Å². The Labute approximate surface area is 150 Å². The number of hydrogen-bond acceptors (Lipinski definition) is 4. The molecular weight excluding hydrogens is 336 g/mol. The van der Waals surface area contributed by atoms with Crippen molar-refractivity contribution in [1.29, 1.82) is 0 Å². The van der Waals surface area contributed by atoms with Crippen LogP contribution in [-0.2, 0) is 11.3 Å². The van der Waals surface area contributed by atoms with Gasteiger partial charge in [0.1, 0.15) is 11.9 Å². The molecule has 0 radical (unpaired) electrons. The van der Waals surface area contributed by atoms with E-state index < -0.39 is 5.97 Å². The van der Waals surface area contributed by atoms with Crippen molar-refractivity contribution >= 4 is 12.0 Å². The first-order valence-corrected chi connectivity index (χ1v) is 8.28. The molecule has 0 aliphatic carbocycles. The topological polar surface area (TPSA) is 99.1 Å². The van der Waals surface area contributed by atoms with E-state index in [4.69, 9.17) is 9.84 Å². The van der Waals surface area contributed by atoms with Crippen LogP contribution in [0.3, 0.4) is 0 Å². The molecule has 0 aromatic heterocycles. The first-order chi connectivity index (χ1) is 12.5. The van der Waals surface area contributed by atoms with Gasteiger partial charge in [0.05, 0.1) is 18.7 Å². The number of ether oxygens (including phenoxy) is 1. The molecule has 1 fully saturated rings. The smallest absolute Gasteiger partial charge is 0.335 e. The Morgan fingerprint density at radius 2 is 1.96 bits per heavy atom. The average Bonchev–Trinajstić information content (AvgIpc) is 2.66. The van der Waals surface area contributed by atoms with E-state index in [1.54, 1.807) is 35.2 Å². The Bertz CT molecular complexity index is 791. The second-order valence-corrected chi connectivity index (χ2v) is 6.06. The van der Waals surface area contributed by atoms with Crippen molar-refractivity contribution in [2.45, 2.75) is 12.6 Å². The molecule has 26 heavy (non-hydrogen) atoms. The van der Waals surface area contributed by atoms with E-state index in [1.165, 1.54) is 12.1 Å². The Morgan fingerprint density at radius 1 is 1.19 bits per heavy atom. The second-order valence-electron chi connectivity index (χ2n) is 6.06. The molecule has 1 unspecified atom stereocenters. The van der Waals surface area contributed by atoms with E-state index in [0.29, 0.717) is 26.2 Å². The molecule has 7 nitrogen and oxygen atoms in total. The third-order valence-electron chi connectivity index (χ3n) is 4.24. The van der Waals surface area contributed by atoms with E-state index in [1.807, 2.05) is 6.07 Å². The highest BCUT2D eigenvalue weighted by Crippen LogP contribution is 2.24. The predicted molar refractivity (Wildman–Crippen MR) is 94.0 cm³/mol. The Morgan fingerprint density at radius 3 is 2.65 bits per heavy atom. The van der Waals surface area contributed by atoms with Crippen molar-refractivity contribution in [3.8, 4) is 5.75 Å². The number of carbonyl (C=O) groups excluding carboxylic acids is 1. The Balaban J connectivity index is 1.56. The minimum absolute atomic E-state index is 0.164. The lowest BCUT2D eigenvalue weighted by molar-refractivity contribution is -0.0155. The lowest BCUT2D eigenvalue weighted by atomic mass is 10.1. The molecule has 2 aromatic carbocycles. The van der Waals surface area contributed by atoms with Crippen molar-refractivity contribution in [3.05, 3.63) is 65.2 Å². The largest absolute Gasteiger partial charge is 0.508 e. The minimum Gasteiger partial charge on any atom is -0.508 e. The monoisotopic (exact) mass is 356 g/mol. The number of aromatic hydroxyl groups is 1. The van der Waals surface area contributed by atoms with E-state index in [-0.39, 0.29) is 23.4 Å². The van der Waals surface area contributed by atoms with Crippen LogP contribution in [0.1, 0.15) is 27.6 Å². The number of nitrogens with zero attached hydrogens (tertiary/aromatic N) is 1. The van der Waals surface area contributed by atoms with Crippen LogP contribution in [-0.4, -0.2) is 46.8 Å². The number of benzene rings is 2. The van der Waals surface area contributed by atoms with Crippen molar-refractivity contribution in [2.75, 3.05) is 19.7 Å². The first kappa shape index (κ1) is 17.8. The summed E-state index contributed by atoms with van der Waals surface area (Å²) in [5.41, 5.74) is 1.86. The van der Waals surface area contributed by atoms with Crippen LogP contribution < -0.4 is 5.32 Å². The number of phenols is 1. The fourth-order valence-electron chi connectivity index (χ4n) is 2.82. The zero-order chi connectivity index (χ0) is 18.5. The zero-order valence-corrected chi connectivity index (χ0v) is 14.1. The highest BCUT2D eigenvalue weighted by atomic mass is 16.5. The number of rotatable bonds is 4. The molecule has 136 valence electrons. The highest BCUT2D eigenvalue weighted by Gasteiger charge is 2.25. The number of carbonyl (C=O) groups is 2. The number of morpholine rings is 1. The minimum atomic E-state index is -0.980. The van der Waals surface area contributed by atoms with Crippen molar-refractivity contribution in [2.24, 2.45) is 0 Å². The molecule has 1 atom stereocenters. The zero-order valence-electron chi connectivity index (χ0n) is 14.1. The van der Waals surface area contributed by atoms with Gasteiger partial charge in [-0.1, -0.05) is 24.3 Å². The first-order valence-electron chi connectivity index (χ1n) is 8.28.